The highest BCUT2D eigenvalue weighted by Gasteiger charge is 2.32. The first-order valence-electron chi connectivity index (χ1n) is 10.2. The molecule has 1 N–H and O–H groups in total. The zero-order valence-electron chi connectivity index (χ0n) is 16.6. The number of rotatable bonds is 8. The van der Waals surface area contributed by atoms with Gasteiger partial charge >= 0.3 is 0 Å². The van der Waals surface area contributed by atoms with Crippen molar-refractivity contribution in [3.63, 3.8) is 0 Å². The molecule has 3 nitrogen and oxygen atoms in total. The van der Waals surface area contributed by atoms with Crippen molar-refractivity contribution in [2.24, 2.45) is 5.92 Å². The largest absolute Gasteiger partial charge is 0.324 e. The standard InChI is InChI=1S/C22H36N2O/c1-5-7-12-19-13-14-20(24(16-19)15-8-6-2)22(25)23-21-17(3)10-9-11-18(21)4/h9-11,19-20H,5-8,12-16H2,1-4H3,(H,23,25). The van der Waals surface area contributed by atoms with E-state index < -0.39 is 0 Å². The molecule has 1 saturated heterocycles. The summed E-state index contributed by atoms with van der Waals surface area (Å²) in [6.45, 7) is 10.8. The number of piperidine rings is 1. The lowest BCUT2D eigenvalue weighted by atomic mass is 9.88. The number of amides is 1. The Balaban J connectivity index is 2.05. The molecule has 2 unspecified atom stereocenters. The molecule has 0 aromatic heterocycles. The smallest absolute Gasteiger partial charge is 0.241 e. The summed E-state index contributed by atoms with van der Waals surface area (Å²) in [5, 5.41) is 3.23. The van der Waals surface area contributed by atoms with E-state index in [1.165, 1.54) is 38.5 Å². The van der Waals surface area contributed by atoms with Gasteiger partial charge in [0.15, 0.2) is 0 Å². The van der Waals surface area contributed by atoms with Crippen LogP contribution >= 0.6 is 0 Å². The Morgan fingerprint density at radius 1 is 1.12 bits per heavy atom. The van der Waals surface area contributed by atoms with Crippen LogP contribution in [-0.2, 0) is 4.79 Å². The first-order valence-corrected chi connectivity index (χ1v) is 10.2. The number of anilines is 1. The number of hydrogen-bond donors (Lipinski definition) is 1. The third-order valence-electron chi connectivity index (χ3n) is 5.58. The highest BCUT2D eigenvalue weighted by molar-refractivity contribution is 5.96. The monoisotopic (exact) mass is 344 g/mol. The van der Waals surface area contributed by atoms with E-state index in [0.29, 0.717) is 0 Å². The van der Waals surface area contributed by atoms with E-state index in [9.17, 15) is 4.79 Å². The van der Waals surface area contributed by atoms with Crippen molar-refractivity contribution in [1.29, 1.82) is 0 Å². The van der Waals surface area contributed by atoms with Crippen LogP contribution in [-0.4, -0.2) is 29.9 Å². The maximum Gasteiger partial charge on any atom is 0.241 e. The Hall–Kier alpha value is -1.35. The zero-order chi connectivity index (χ0) is 18.2. The summed E-state index contributed by atoms with van der Waals surface area (Å²) in [5.74, 6) is 0.948. The summed E-state index contributed by atoms with van der Waals surface area (Å²) in [6.07, 6.45) is 8.43. The van der Waals surface area contributed by atoms with Crippen molar-refractivity contribution in [2.75, 3.05) is 18.4 Å². The summed E-state index contributed by atoms with van der Waals surface area (Å²) < 4.78 is 0. The number of likely N-dealkylation sites (tertiary alicyclic amines) is 1. The Bertz CT molecular complexity index is 535. The molecule has 0 radical (unpaired) electrons. The van der Waals surface area contributed by atoms with Gasteiger partial charge in [0.25, 0.3) is 0 Å². The summed E-state index contributed by atoms with van der Waals surface area (Å²) in [7, 11) is 0. The van der Waals surface area contributed by atoms with E-state index in [-0.39, 0.29) is 11.9 Å². The maximum atomic E-state index is 13.0. The molecule has 2 rings (SSSR count). The second kappa shape index (κ2) is 9.96. The number of nitrogens with zero attached hydrogens (tertiary/aromatic N) is 1. The lowest BCUT2D eigenvalue weighted by Crippen LogP contribution is -2.50. The summed E-state index contributed by atoms with van der Waals surface area (Å²) in [6, 6.07) is 6.22. The van der Waals surface area contributed by atoms with E-state index in [4.69, 9.17) is 0 Å². The normalized spacial score (nSPS) is 21.3. The van der Waals surface area contributed by atoms with Crippen LogP contribution in [0.5, 0.6) is 0 Å². The molecular weight excluding hydrogens is 308 g/mol. The fraction of sp³-hybridized carbons (Fsp3) is 0.682. The van der Waals surface area contributed by atoms with Gasteiger partial charge < -0.3 is 5.32 Å². The van der Waals surface area contributed by atoms with Gasteiger partial charge in [0.05, 0.1) is 6.04 Å². The van der Waals surface area contributed by atoms with Crippen molar-refractivity contribution in [3.8, 4) is 0 Å². The number of nitrogens with one attached hydrogen (secondary N) is 1. The minimum Gasteiger partial charge on any atom is -0.324 e. The second-order valence-corrected chi connectivity index (χ2v) is 7.71. The first kappa shape index (κ1) is 20.0. The van der Waals surface area contributed by atoms with Crippen molar-refractivity contribution < 1.29 is 4.79 Å². The molecule has 1 heterocycles. The van der Waals surface area contributed by atoms with Gasteiger partial charge in [-0.05, 0) is 63.1 Å². The van der Waals surface area contributed by atoms with Gasteiger partial charge in [0.1, 0.15) is 0 Å². The van der Waals surface area contributed by atoms with Gasteiger partial charge in [0, 0.05) is 12.2 Å². The Labute approximate surface area is 154 Å². The van der Waals surface area contributed by atoms with Gasteiger partial charge in [-0.25, -0.2) is 0 Å². The summed E-state index contributed by atoms with van der Waals surface area (Å²) in [5.41, 5.74) is 3.28. The van der Waals surface area contributed by atoms with Crippen LogP contribution in [0.1, 0.15) is 69.9 Å². The number of para-hydroxylation sites is 1. The Morgan fingerprint density at radius 2 is 1.80 bits per heavy atom. The Kier molecular flexibility index (Phi) is 7.95. The molecule has 0 aliphatic carbocycles. The van der Waals surface area contributed by atoms with Crippen molar-refractivity contribution in [3.05, 3.63) is 29.3 Å². The number of carbonyl (C=O) groups is 1. The number of carbonyl (C=O) groups excluding carboxylic acids is 1. The fourth-order valence-electron chi connectivity index (χ4n) is 3.98. The predicted octanol–water partition coefficient (Wildman–Crippen LogP) is 5.31. The lowest BCUT2D eigenvalue weighted by molar-refractivity contribution is -0.123. The van der Waals surface area contributed by atoms with E-state index >= 15 is 0 Å². The predicted molar refractivity (Wildman–Crippen MR) is 107 cm³/mol. The third-order valence-corrected chi connectivity index (χ3v) is 5.58. The highest BCUT2D eigenvalue weighted by atomic mass is 16.2. The van der Waals surface area contributed by atoms with Gasteiger partial charge in [-0.3, -0.25) is 9.69 Å². The molecule has 2 atom stereocenters. The second-order valence-electron chi connectivity index (χ2n) is 7.71. The number of unbranched alkanes of at least 4 members (excludes halogenated alkanes) is 2. The fourth-order valence-corrected chi connectivity index (χ4v) is 3.98. The quantitative estimate of drug-likeness (QED) is 0.693. The van der Waals surface area contributed by atoms with E-state index in [1.54, 1.807) is 0 Å². The van der Waals surface area contributed by atoms with Crippen molar-refractivity contribution >= 4 is 11.6 Å². The van der Waals surface area contributed by atoms with Crippen LogP contribution in [0.2, 0.25) is 0 Å². The van der Waals surface area contributed by atoms with Crippen LogP contribution in [0.25, 0.3) is 0 Å². The van der Waals surface area contributed by atoms with E-state index in [1.807, 2.05) is 6.07 Å². The molecule has 1 aromatic carbocycles. The molecule has 1 aliphatic heterocycles. The lowest BCUT2D eigenvalue weighted by Gasteiger charge is -2.39. The van der Waals surface area contributed by atoms with Crippen LogP contribution < -0.4 is 5.32 Å². The number of benzene rings is 1. The molecule has 0 bridgehead atoms. The molecule has 25 heavy (non-hydrogen) atoms. The van der Waals surface area contributed by atoms with Crippen LogP contribution in [0.15, 0.2) is 18.2 Å². The minimum absolute atomic E-state index is 0.0310. The SMILES string of the molecule is CCCCC1CCC(C(=O)Nc2c(C)cccc2C)N(CCCC)C1. The molecule has 3 heteroatoms. The van der Waals surface area contributed by atoms with E-state index in [2.05, 4.69) is 50.0 Å². The molecule has 0 saturated carbocycles. The van der Waals surface area contributed by atoms with Crippen LogP contribution in [0.3, 0.4) is 0 Å². The Morgan fingerprint density at radius 3 is 2.44 bits per heavy atom. The van der Waals surface area contributed by atoms with Crippen LogP contribution in [0.4, 0.5) is 5.69 Å². The average Bonchev–Trinajstić information content (AvgIpc) is 2.61. The minimum atomic E-state index is 0.0310. The molecular formula is C22H36N2O. The van der Waals surface area contributed by atoms with Crippen molar-refractivity contribution in [2.45, 2.75) is 78.7 Å². The molecule has 140 valence electrons. The number of aryl methyl sites for hydroxylation is 2. The van der Waals surface area contributed by atoms with Gasteiger partial charge in [-0.15, -0.1) is 0 Å². The van der Waals surface area contributed by atoms with Gasteiger partial charge in [0.2, 0.25) is 5.91 Å². The van der Waals surface area contributed by atoms with Crippen molar-refractivity contribution in [1.82, 2.24) is 4.90 Å². The summed E-state index contributed by atoms with van der Waals surface area (Å²) >= 11 is 0. The van der Waals surface area contributed by atoms with Gasteiger partial charge in [-0.2, -0.15) is 0 Å². The molecule has 1 amide bonds. The number of hydrogen-bond acceptors (Lipinski definition) is 2. The van der Waals surface area contributed by atoms with Gasteiger partial charge in [-0.1, -0.05) is 51.3 Å². The topological polar surface area (TPSA) is 32.3 Å². The molecule has 1 aromatic rings. The first-order chi connectivity index (χ1) is 12.1. The molecule has 0 spiro atoms. The average molecular weight is 345 g/mol. The molecule has 1 fully saturated rings. The molecule has 1 aliphatic rings. The zero-order valence-corrected chi connectivity index (χ0v) is 16.6. The maximum absolute atomic E-state index is 13.0. The van der Waals surface area contributed by atoms with E-state index in [0.717, 1.165) is 42.2 Å². The van der Waals surface area contributed by atoms with Crippen LogP contribution in [0, 0.1) is 19.8 Å². The third kappa shape index (κ3) is 5.57. The summed E-state index contributed by atoms with van der Waals surface area (Å²) in [4.78, 5) is 15.5. The highest BCUT2D eigenvalue weighted by Crippen LogP contribution is 2.28.